The van der Waals surface area contributed by atoms with Gasteiger partial charge in [-0.15, -0.1) is 0 Å². The largest absolute Gasteiger partial charge is 0.392 e. The van der Waals surface area contributed by atoms with E-state index in [1.54, 1.807) is 14.0 Å². The van der Waals surface area contributed by atoms with Crippen LogP contribution in [-0.4, -0.2) is 21.7 Å². The molecule has 0 atom stereocenters. The quantitative estimate of drug-likeness (QED) is 0.592. The van der Waals surface area contributed by atoms with E-state index < -0.39 is 18.4 Å². The van der Waals surface area contributed by atoms with Gasteiger partial charge in [0.05, 0.1) is 12.1 Å². The first kappa shape index (κ1) is 12.5. The van der Waals surface area contributed by atoms with Gasteiger partial charge in [-0.1, -0.05) is 6.08 Å². The molecule has 0 aliphatic rings. The summed E-state index contributed by atoms with van der Waals surface area (Å²) in [6.07, 6.45) is -3.65. The number of alkyl halides is 3. The highest BCUT2D eigenvalue weighted by Crippen LogP contribution is 2.19. The zero-order valence-electron chi connectivity index (χ0n) is 8.88. The monoisotopic (exact) mass is 232 g/mol. The molecule has 0 spiro atoms. The van der Waals surface area contributed by atoms with Crippen molar-refractivity contribution in [3.63, 3.8) is 0 Å². The standard InChI is InChI=1S/C10H11F3N2O/c1-7-6-8(15(2)14-7)9(16)4-3-5-10(11,12)13/h3-4,6H,5H2,1-2H3/b4-3+. The van der Waals surface area contributed by atoms with Gasteiger partial charge in [0.15, 0.2) is 0 Å². The predicted molar refractivity (Wildman–Crippen MR) is 52.1 cm³/mol. The first-order valence-corrected chi connectivity index (χ1v) is 4.58. The molecule has 0 aliphatic carbocycles. The lowest BCUT2D eigenvalue weighted by molar-refractivity contribution is -0.125. The lowest BCUT2D eigenvalue weighted by Crippen LogP contribution is -2.06. The van der Waals surface area contributed by atoms with Crippen LogP contribution in [0.4, 0.5) is 13.2 Å². The molecule has 6 heteroatoms. The van der Waals surface area contributed by atoms with Crippen LogP contribution in [0, 0.1) is 6.92 Å². The summed E-state index contributed by atoms with van der Waals surface area (Å²) in [6, 6.07) is 1.53. The van der Waals surface area contributed by atoms with Gasteiger partial charge in [0.2, 0.25) is 5.78 Å². The average Bonchev–Trinajstić information content (AvgIpc) is 2.43. The molecule has 1 rings (SSSR count). The van der Waals surface area contributed by atoms with Crippen LogP contribution in [0.15, 0.2) is 18.2 Å². The van der Waals surface area contributed by atoms with E-state index in [-0.39, 0.29) is 5.69 Å². The number of carbonyl (C=O) groups excluding carboxylic acids is 1. The summed E-state index contributed by atoms with van der Waals surface area (Å²) < 4.78 is 36.8. The van der Waals surface area contributed by atoms with Crippen LogP contribution < -0.4 is 0 Å². The van der Waals surface area contributed by atoms with Crippen LogP contribution in [0.25, 0.3) is 0 Å². The van der Waals surface area contributed by atoms with E-state index in [2.05, 4.69) is 5.10 Å². The summed E-state index contributed by atoms with van der Waals surface area (Å²) in [7, 11) is 1.57. The third kappa shape index (κ3) is 3.52. The van der Waals surface area contributed by atoms with Crippen LogP contribution in [0.2, 0.25) is 0 Å². The number of hydrogen-bond donors (Lipinski definition) is 0. The number of halogens is 3. The van der Waals surface area contributed by atoms with Gasteiger partial charge in [0.1, 0.15) is 5.69 Å². The normalized spacial score (nSPS) is 12.3. The number of allylic oxidation sites excluding steroid dienone is 2. The Morgan fingerprint density at radius 1 is 1.56 bits per heavy atom. The maximum absolute atomic E-state index is 11.8. The van der Waals surface area contributed by atoms with E-state index in [9.17, 15) is 18.0 Å². The Bertz CT molecular complexity index is 418. The molecule has 0 saturated heterocycles. The van der Waals surface area contributed by atoms with Gasteiger partial charge in [-0.3, -0.25) is 9.48 Å². The Kier molecular flexibility index (Phi) is 3.51. The van der Waals surface area contributed by atoms with E-state index in [0.717, 1.165) is 12.2 Å². The third-order valence-corrected chi connectivity index (χ3v) is 1.87. The van der Waals surface area contributed by atoms with E-state index in [0.29, 0.717) is 5.69 Å². The summed E-state index contributed by atoms with van der Waals surface area (Å²) in [4.78, 5) is 11.4. The average molecular weight is 232 g/mol. The number of rotatable bonds is 3. The SMILES string of the molecule is Cc1cc(C(=O)/C=C/CC(F)(F)F)n(C)n1. The molecule has 1 heterocycles. The third-order valence-electron chi connectivity index (χ3n) is 1.87. The van der Waals surface area contributed by atoms with Crippen molar-refractivity contribution in [3.8, 4) is 0 Å². The smallest absolute Gasteiger partial charge is 0.288 e. The minimum absolute atomic E-state index is 0.274. The molecule has 0 fully saturated rings. The number of hydrogen-bond acceptors (Lipinski definition) is 2. The molecule has 0 amide bonds. The fourth-order valence-corrected chi connectivity index (χ4v) is 1.23. The predicted octanol–water partition coefficient (Wildman–Crippen LogP) is 2.42. The van der Waals surface area contributed by atoms with Crippen molar-refractivity contribution in [3.05, 3.63) is 29.6 Å². The van der Waals surface area contributed by atoms with E-state index in [1.165, 1.54) is 10.7 Å². The van der Waals surface area contributed by atoms with Gasteiger partial charge in [-0.25, -0.2) is 0 Å². The van der Waals surface area contributed by atoms with Crippen LogP contribution in [-0.2, 0) is 7.05 Å². The van der Waals surface area contributed by atoms with Crippen molar-refractivity contribution in [1.29, 1.82) is 0 Å². The molecule has 88 valence electrons. The van der Waals surface area contributed by atoms with Gasteiger partial charge >= 0.3 is 6.18 Å². The molecular formula is C10H11F3N2O. The van der Waals surface area contributed by atoms with E-state index in [1.807, 2.05) is 0 Å². The van der Waals surface area contributed by atoms with Crippen molar-refractivity contribution < 1.29 is 18.0 Å². The van der Waals surface area contributed by atoms with Gasteiger partial charge in [0.25, 0.3) is 0 Å². The summed E-state index contributed by atoms with van der Waals surface area (Å²) in [5, 5.41) is 3.93. The van der Waals surface area contributed by atoms with Gasteiger partial charge in [-0.2, -0.15) is 18.3 Å². The van der Waals surface area contributed by atoms with Crippen LogP contribution >= 0.6 is 0 Å². The molecule has 3 nitrogen and oxygen atoms in total. The minimum Gasteiger partial charge on any atom is -0.288 e. The second kappa shape index (κ2) is 4.51. The lowest BCUT2D eigenvalue weighted by atomic mass is 10.2. The Morgan fingerprint density at radius 2 is 2.19 bits per heavy atom. The number of nitrogens with zero attached hydrogens (tertiary/aromatic N) is 2. The number of aromatic nitrogens is 2. The first-order valence-electron chi connectivity index (χ1n) is 4.58. The highest BCUT2D eigenvalue weighted by molar-refractivity contribution is 6.03. The van der Waals surface area contributed by atoms with Crippen molar-refractivity contribution in [2.75, 3.05) is 0 Å². The fourth-order valence-electron chi connectivity index (χ4n) is 1.23. The highest BCUT2D eigenvalue weighted by atomic mass is 19.4. The summed E-state index contributed by atoms with van der Waals surface area (Å²) in [6.45, 7) is 1.70. The van der Waals surface area contributed by atoms with Crippen LogP contribution in [0.5, 0.6) is 0 Å². The maximum atomic E-state index is 11.8. The Morgan fingerprint density at radius 3 is 2.62 bits per heavy atom. The molecule has 0 saturated carbocycles. The summed E-state index contributed by atoms with van der Waals surface area (Å²) in [5.74, 6) is -0.479. The van der Waals surface area contributed by atoms with E-state index in [4.69, 9.17) is 0 Å². The zero-order valence-corrected chi connectivity index (χ0v) is 8.88. The Labute approximate surface area is 90.6 Å². The first-order chi connectivity index (χ1) is 7.29. The van der Waals surface area contributed by atoms with Crippen molar-refractivity contribution in [2.24, 2.45) is 7.05 Å². The zero-order chi connectivity index (χ0) is 12.3. The van der Waals surface area contributed by atoms with E-state index >= 15 is 0 Å². The van der Waals surface area contributed by atoms with Gasteiger partial charge in [0, 0.05) is 7.05 Å². The van der Waals surface area contributed by atoms with Crippen LogP contribution in [0.3, 0.4) is 0 Å². The fraction of sp³-hybridized carbons (Fsp3) is 0.400. The number of carbonyl (C=O) groups is 1. The molecule has 0 N–H and O–H groups in total. The molecule has 0 radical (unpaired) electrons. The van der Waals surface area contributed by atoms with Crippen LogP contribution in [0.1, 0.15) is 22.6 Å². The second-order valence-electron chi connectivity index (χ2n) is 3.38. The number of ketones is 1. The second-order valence-corrected chi connectivity index (χ2v) is 3.38. The maximum Gasteiger partial charge on any atom is 0.392 e. The van der Waals surface area contributed by atoms with Gasteiger partial charge < -0.3 is 0 Å². The topological polar surface area (TPSA) is 34.9 Å². The van der Waals surface area contributed by atoms with Crippen molar-refractivity contribution in [1.82, 2.24) is 9.78 Å². The van der Waals surface area contributed by atoms with Crippen molar-refractivity contribution >= 4 is 5.78 Å². The molecule has 0 aromatic carbocycles. The molecule has 1 aromatic rings. The molecule has 1 aromatic heterocycles. The molecular weight excluding hydrogens is 221 g/mol. The summed E-state index contributed by atoms with van der Waals surface area (Å²) >= 11 is 0. The van der Waals surface area contributed by atoms with Crippen molar-refractivity contribution in [2.45, 2.75) is 19.5 Å². The minimum atomic E-state index is -4.28. The molecule has 0 aliphatic heterocycles. The molecule has 0 bridgehead atoms. The lowest BCUT2D eigenvalue weighted by Gasteiger charge is -2.00. The highest BCUT2D eigenvalue weighted by Gasteiger charge is 2.24. The Hall–Kier alpha value is -1.59. The summed E-state index contributed by atoms with van der Waals surface area (Å²) in [5.41, 5.74) is 0.922. The molecule has 16 heavy (non-hydrogen) atoms. The Balaban J connectivity index is 2.70. The molecule has 0 unspecified atom stereocenters. The van der Waals surface area contributed by atoms with Gasteiger partial charge in [-0.05, 0) is 19.1 Å². The number of aryl methyl sites for hydroxylation is 2.